The highest BCUT2D eigenvalue weighted by molar-refractivity contribution is 5.98. The van der Waals surface area contributed by atoms with E-state index in [4.69, 9.17) is 4.74 Å². The molecule has 1 aromatic heterocycles. The predicted octanol–water partition coefficient (Wildman–Crippen LogP) is 3.53. The van der Waals surface area contributed by atoms with Crippen LogP contribution in [-0.4, -0.2) is 23.2 Å². The van der Waals surface area contributed by atoms with E-state index in [2.05, 4.69) is 33.7 Å². The summed E-state index contributed by atoms with van der Waals surface area (Å²) >= 11 is 0. The van der Waals surface area contributed by atoms with Crippen LogP contribution in [0.1, 0.15) is 41.0 Å². The molecule has 25 heavy (non-hydrogen) atoms. The molecule has 2 aliphatic rings. The fourth-order valence-corrected chi connectivity index (χ4v) is 4.25. The molecule has 5 nitrogen and oxygen atoms in total. The van der Waals surface area contributed by atoms with E-state index in [-0.39, 0.29) is 11.8 Å². The summed E-state index contributed by atoms with van der Waals surface area (Å²) in [6.07, 6.45) is 5.68. The van der Waals surface area contributed by atoms with Crippen molar-refractivity contribution in [2.24, 2.45) is 0 Å². The lowest BCUT2D eigenvalue weighted by Crippen LogP contribution is -2.24. The highest BCUT2D eigenvalue weighted by Crippen LogP contribution is 2.43. The van der Waals surface area contributed by atoms with Gasteiger partial charge in [0.25, 0.3) is 0 Å². The first-order valence-electron chi connectivity index (χ1n) is 8.69. The fraction of sp³-hybridized carbons (Fsp3) is 0.300. The number of carbonyl (C=O) groups excluding carboxylic acids is 1. The van der Waals surface area contributed by atoms with Crippen molar-refractivity contribution in [3.63, 3.8) is 0 Å². The molecule has 126 valence electrons. The SMILES string of the molecule is COc1cc2c(cc1[C@H]1CC(=O)Nc3cc4[nH]ncc4cc31)CCC2. The van der Waals surface area contributed by atoms with E-state index in [0.717, 1.165) is 46.3 Å². The average molecular weight is 333 g/mol. The molecule has 2 N–H and O–H groups in total. The molecule has 0 fully saturated rings. The Hall–Kier alpha value is -2.82. The summed E-state index contributed by atoms with van der Waals surface area (Å²) in [5.41, 5.74) is 6.81. The Balaban J connectivity index is 1.71. The second-order valence-corrected chi connectivity index (χ2v) is 6.92. The van der Waals surface area contributed by atoms with Crippen molar-refractivity contribution in [3.8, 4) is 5.75 Å². The molecule has 3 aromatic rings. The summed E-state index contributed by atoms with van der Waals surface area (Å²) in [5.74, 6) is 0.932. The maximum absolute atomic E-state index is 12.3. The molecule has 1 aliphatic heterocycles. The second-order valence-electron chi connectivity index (χ2n) is 6.92. The number of H-pyrrole nitrogens is 1. The quantitative estimate of drug-likeness (QED) is 0.754. The number of rotatable bonds is 2. The zero-order valence-corrected chi connectivity index (χ0v) is 14.1. The number of benzene rings is 2. The summed E-state index contributed by atoms with van der Waals surface area (Å²) in [6, 6.07) is 8.53. The predicted molar refractivity (Wildman–Crippen MR) is 96.2 cm³/mol. The Bertz CT molecular complexity index is 1010. The van der Waals surface area contributed by atoms with E-state index in [9.17, 15) is 4.79 Å². The molecule has 0 saturated heterocycles. The van der Waals surface area contributed by atoms with Crippen LogP contribution in [0.2, 0.25) is 0 Å². The van der Waals surface area contributed by atoms with Crippen LogP contribution in [0.3, 0.4) is 0 Å². The Labute approximate surface area is 145 Å². The van der Waals surface area contributed by atoms with Crippen molar-refractivity contribution < 1.29 is 9.53 Å². The van der Waals surface area contributed by atoms with Crippen molar-refractivity contribution in [1.82, 2.24) is 10.2 Å². The summed E-state index contributed by atoms with van der Waals surface area (Å²) in [5, 5.41) is 11.1. The number of amides is 1. The average Bonchev–Trinajstić information content (AvgIpc) is 3.26. The molecular weight excluding hydrogens is 314 g/mol. The van der Waals surface area contributed by atoms with Crippen LogP contribution < -0.4 is 10.1 Å². The number of nitrogens with one attached hydrogen (secondary N) is 2. The molecule has 0 radical (unpaired) electrons. The molecule has 1 aliphatic carbocycles. The highest BCUT2D eigenvalue weighted by Gasteiger charge is 2.30. The maximum Gasteiger partial charge on any atom is 0.225 e. The van der Waals surface area contributed by atoms with Crippen LogP contribution in [0, 0.1) is 0 Å². The van der Waals surface area contributed by atoms with Crippen molar-refractivity contribution in [2.45, 2.75) is 31.6 Å². The standard InChI is InChI=1S/C20H19N3O2/c1-25-19-7-12-4-2-3-11(12)5-16(19)14-8-20(24)22-18-9-17-13(6-15(14)18)10-21-23-17/h5-7,9-10,14H,2-4,8H2,1H3,(H,21,23)(H,22,24)/t14-/m0/s1. The van der Waals surface area contributed by atoms with Crippen LogP contribution in [-0.2, 0) is 17.6 Å². The number of hydrogen-bond acceptors (Lipinski definition) is 3. The summed E-state index contributed by atoms with van der Waals surface area (Å²) in [6.45, 7) is 0. The van der Waals surface area contributed by atoms with Crippen LogP contribution in [0.15, 0.2) is 30.5 Å². The van der Waals surface area contributed by atoms with Gasteiger partial charge in [-0.1, -0.05) is 6.07 Å². The minimum absolute atomic E-state index is 0.00361. The van der Waals surface area contributed by atoms with E-state index >= 15 is 0 Å². The van der Waals surface area contributed by atoms with Crippen molar-refractivity contribution in [1.29, 1.82) is 0 Å². The second kappa shape index (κ2) is 5.34. The summed E-state index contributed by atoms with van der Waals surface area (Å²) in [4.78, 5) is 12.3. The minimum atomic E-state index is 0.00361. The number of aryl methyl sites for hydroxylation is 2. The number of ether oxygens (including phenoxy) is 1. The molecule has 2 heterocycles. The zero-order valence-electron chi connectivity index (χ0n) is 14.1. The van der Waals surface area contributed by atoms with Crippen molar-refractivity contribution in [2.75, 3.05) is 12.4 Å². The largest absolute Gasteiger partial charge is 0.496 e. The van der Waals surface area contributed by atoms with Gasteiger partial charge in [-0.3, -0.25) is 9.89 Å². The van der Waals surface area contributed by atoms with E-state index in [0.29, 0.717) is 6.42 Å². The fourth-order valence-electron chi connectivity index (χ4n) is 4.25. The number of aromatic amines is 1. The van der Waals surface area contributed by atoms with Crippen molar-refractivity contribution in [3.05, 3.63) is 52.7 Å². The number of nitrogens with zero attached hydrogens (tertiary/aromatic N) is 1. The van der Waals surface area contributed by atoms with E-state index in [1.54, 1.807) is 7.11 Å². The number of aromatic nitrogens is 2. The normalized spacial score (nSPS) is 18.8. The number of methoxy groups -OCH3 is 1. The molecule has 5 rings (SSSR count). The van der Waals surface area contributed by atoms with Gasteiger partial charge in [-0.15, -0.1) is 0 Å². The van der Waals surface area contributed by atoms with E-state index < -0.39 is 0 Å². The molecule has 0 unspecified atom stereocenters. The summed E-state index contributed by atoms with van der Waals surface area (Å²) in [7, 11) is 1.71. The molecule has 0 saturated carbocycles. The van der Waals surface area contributed by atoms with Gasteiger partial charge in [0.1, 0.15) is 5.75 Å². The number of carbonyl (C=O) groups is 1. The van der Waals surface area contributed by atoms with Crippen LogP contribution in [0.4, 0.5) is 5.69 Å². The third-order valence-corrected chi connectivity index (χ3v) is 5.47. The molecular formula is C20H19N3O2. The van der Waals surface area contributed by atoms with E-state index in [1.165, 1.54) is 17.5 Å². The molecule has 5 heteroatoms. The van der Waals surface area contributed by atoms with Gasteiger partial charge in [0.15, 0.2) is 0 Å². The minimum Gasteiger partial charge on any atom is -0.496 e. The topological polar surface area (TPSA) is 67.0 Å². The van der Waals surface area contributed by atoms with Gasteiger partial charge in [-0.05, 0) is 54.2 Å². The first kappa shape index (κ1) is 14.5. The first-order chi connectivity index (χ1) is 12.2. The smallest absolute Gasteiger partial charge is 0.225 e. The van der Waals surface area contributed by atoms with Gasteiger partial charge in [-0.2, -0.15) is 5.10 Å². The Morgan fingerprint density at radius 2 is 1.96 bits per heavy atom. The molecule has 1 amide bonds. The first-order valence-corrected chi connectivity index (χ1v) is 8.69. The number of fused-ring (bicyclic) bond motifs is 3. The Kier molecular flexibility index (Phi) is 3.10. The van der Waals surface area contributed by atoms with Gasteiger partial charge in [-0.25, -0.2) is 0 Å². The zero-order chi connectivity index (χ0) is 17.0. The maximum atomic E-state index is 12.3. The lowest BCUT2D eigenvalue weighted by molar-refractivity contribution is -0.116. The third-order valence-electron chi connectivity index (χ3n) is 5.47. The number of anilines is 1. The van der Waals surface area contributed by atoms with Crippen LogP contribution in [0.5, 0.6) is 5.75 Å². The molecule has 0 spiro atoms. The molecule has 0 bridgehead atoms. The van der Waals surface area contributed by atoms with Gasteiger partial charge in [0.05, 0.1) is 18.8 Å². The van der Waals surface area contributed by atoms with Gasteiger partial charge < -0.3 is 10.1 Å². The van der Waals surface area contributed by atoms with Gasteiger partial charge in [0, 0.05) is 29.0 Å². The van der Waals surface area contributed by atoms with Crippen molar-refractivity contribution >= 4 is 22.5 Å². The molecule has 1 atom stereocenters. The lowest BCUT2D eigenvalue weighted by atomic mass is 9.82. The third kappa shape index (κ3) is 2.22. The van der Waals surface area contributed by atoms with Crippen LogP contribution in [0.25, 0.3) is 10.9 Å². The van der Waals surface area contributed by atoms with Gasteiger partial charge >= 0.3 is 0 Å². The molecule has 2 aromatic carbocycles. The lowest BCUT2D eigenvalue weighted by Gasteiger charge is -2.28. The highest BCUT2D eigenvalue weighted by atomic mass is 16.5. The van der Waals surface area contributed by atoms with Crippen LogP contribution >= 0.6 is 0 Å². The Morgan fingerprint density at radius 1 is 1.12 bits per heavy atom. The monoisotopic (exact) mass is 333 g/mol. The van der Waals surface area contributed by atoms with Gasteiger partial charge in [0.2, 0.25) is 5.91 Å². The van der Waals surface area contributed by atoms with E-state index in [1.807, 2.05) is 12.3 Å². The number of hydrogen-bond donors (Lipinski definition) is 2. The summed E-state index contributed by atoms with van der Waals surface area (Å²) < 4.78 is 5.70. The Morgan fingerprint density at radius 3 is 2.80 bits per heavy atom.